The first-order chi connectivity index (χ1) is 5.33. The molecule has 0 aromatic heterocycles. The average molecular weight is 159 g/mol. The molecule has 4 nitrogen and oxygen atoms in total. The maximum Gasteiger partial charge on any atom is 0.509 e. The van der Waals surface area contributed by atoms with Crippen molar-refractivity contribution in [1.29, 1.82) is 0 Å². The quantitative estimate of drug-likeness (QED) is 0.607. The van der Waals surface area contributed by atoms with E-state index in [-0.39, 0.29) is 6.23 Å². The lowest BCUT2D eigenvalue weighted by molar-refractivity contribution is 0.0214. The van der Waals surface area contributed by atoms with Crippen LogP contribution >= 0.6 is 0 Å². The Labute approximate surface area is 65.9 Å². The Morgan fingerprint density at radius 2 is 2.55 bits per heavy atom. The zero-order valence-corrected chi connectivity index (χ0v) is 6.63. The van der Waals surface area contributed by atoms with E-state index in [1.807, 2.05) is 0 Å². The summed E-state index contributed by atoms with van der Waals surface area (Å²) in [6.45, 7) is 3.04. The lowest BCUT2D eigenvalue weighted by atomic mass is 10.4. The molecule has 1 rings (SSSR count). The van der Waals surface area contributed by atoms with Crippen molar-refractivity contribution in [3.8, 4) is 0 Å². The second-order valence-corrected chi connectivity index (χ2v) is 2.39. The van der Waals surface area contributed by atoms with E-state index in [0.717, 1.165) is 19.4 Å². The van der Waals surface area contributed by atoms with Gasteiger partial charge in [-0.05, 0) is 26.3 Å². The Hall–Kier alpha value is -0.770. The number of nitrogens with one attached hydrogen (secondary N) is 1. The van der Waals surface area contributed by atoms with Gasteiger partial charge >= 0.3 is 6.16 Å². The SMILES string of the molecule is CCOC(=O)OC1CCCN1. The summed E-state index contributed by atoms with van der Waals surface area (Å²) in [5.74, 6) is 0. The molecule has 1 aliphatic rings. The zero-order chi connectivity index (χ0) is 8.10. The van der Waals surface area contributed by atoms with E-state index in [1.54, 1.807) is 6.92 Å². The van der Waals surface area contributed by atoms with Gasteiger partial charge in [0.05, 0.1) is 6.61 Å². The summed E-state index contributed by atoms with van der Waals surface area (Å²) < 4.78 is 9.48. The summed E-state index contributed by atoms with van der Waals surface area (Å²) in [7, 11) is 0. The van der Waals surface area contributed by atoms with Crippen molar-refractivity contribution >= 4 is 6.16 Å². The molecular weight excluding hydrogens is 146 g/mol. The molecule has 64 valence electrons. The second-order valence-electron chi connectivity index (χ2n) is 2.39. The van der Waals surface area contributed by atoms with Gasteiger partial charge in [-0.1, -0.05) is 0 Å². The topological polar surface area (TPSA) is 47.6 Å². The predicted octanol–water partition coefficient (Wildman–Crippen LogP) is 0.869. The van der Waals surface area contributed by atoms with Crippen LogP contribution in [0.4, 0.5) is 4.79 Å². The lowest BCUT2D eigenvalue weighted by Crippen LogP contribution is -2.27. The molecule has 1 aliphatic heterocycles. The molecule has 1 fully saturated rings. The number of ether oxygens (including phenoxy) is 2. The van der Waals surface area contributed by atoms with Crippen LogP contribution in [0.1, 0.15) is 19.8 Å². The molecule has 0 saturated carbocycles. The van der Waals surface area contributed by atoms with Gasteiger partial charge in [-0.15, -0.1) is 0 Å². The van der Waals surface area contributed by atoms with E-state index in [4.69, 9.17) is 4.74 Å². The number of hydrogen-bond acceptors (Lipinski definition) is 4. The summed E-state index contributed by atoms with van der Waals surface area (Å²) in [6.07, 6.45) is 1.24. The highest BCUT2D eigenvalue weighted by Gasteiger charge is 2.18. The third-order valence-electron chi connectivity index (χ3n) is 1.52. The Morgan fingerprint density at radius 1 is 1.73 bits per heavy atom. The van der Waals surface area contributed by atoms with E-state index in [1.165, 1.54) is 0 Å². The lowest BCUT2D eigenvalue weighted by Gasteiger charge is -2.10. The molecule has 0 aromatic carbocycles. The molecule has 11 heavy (non-hydrogen) atoms. The van der Waals surface area contributed by atoms with Crippen molar-refractivity contribution in [3.63, 3.8) is 0 Å². The molecule has 1 atom stereocenters. The van der Waals surface area contributed by atoms with E-state index < -0.39 is 6.16 Å². The minimum Gasteiger partial charge on any atom is -0.435 e. The first-order valence-corrected chi connectivity index (χ1v) is 3.89. The number of carbonyl (C=O) groups excluding carboxylic acids is 1. The Morgan fingerprint density at radius 3 is 3.09 bits per heavy atom. The fraction of sp³-hybridized carbons (Fsp3) is 0.857. The van der Waals surface area contributed by atoms with Crippen molar-refractivity contribution in [3.05, 3.63) is 0 Å². The van der Waals surface area contributed by atoms with Gasteiger partial charge < -0.3 is 9.47 Å². The van der Waals surface area contributed by atoms with Crippen molar-refractivity contribution in [2.24, 2.45) is 0 Å². The Bertz CT molecular complexity index is 132. The number of rotatable bonds is 2. The van der Waals surface area contributed by atoms with E-state index >= 15 is 0 Å². The van der Waals surface area contributed by atoms with Gasteiger partial charge in [0.25, 0.3) is 0 Å². The van der Waals surface area contributed by atoms with Gasteiger partial charge in [-0.25, -0.2) is 4.79 Å². The van der Waals surface area contributed by atoms with Crippen LogP contribution in [0.25, 0.3) is 0 Å². The van der Waals surface area contributed by atoms with Crippen LogP contribution in [-0.4, -0.2) is 25.5 Å². The molecule has 1 heterocycles. The first-order valence-electron chi connectivity index (χ1n) is 3.89. The molecular formula is C7H13NO3. The molecule has 0 radical (unpaired) electrons. The average Bonchev–Trinajstić information content (AvgIpc) is 2.40. The minimum atomic E-state index is -0.577. The van der Waals surface area contributed by atoms with E-state index in [0.29, 0.717) is 6.61 Å². The standard InChI is InChI=1S/C7H13NO3/c1-2-10-7(9)11-6-4-3-5-8-6/h6,8H,2-5H2,1H3. The molecule has 0 aliphatic carbocycles. The zero-order valence-electron chi connectivity index (χ0n) is 6.63. The smallest absolute Gasteiger partial charge is 0.435 e. The van der Waals surface area contributed by atoms with Gasteiger partial charge in [-0.3, -0.25) is 5.32 Å². The summed E-state index contributed by atoms with van der Waals surface area (Å²) in [5.41, 5.74) is 0. The highest BCUT2D eigenvalue weighted by atomic mass is 16.7. The van der Waals surface area contributed by atoms with Crippen LogP contribution in [0.3, 0.4) is 0 Å². The van der Waals surface area contributed by atoms with Crippen LogP contribution in [-0.2, 0) is 9.47 Å². The summed E-state index contributed by atoms with van der Waals surface area (Å²) in [5, 5.41) is 3.02. The van der Waals surface area contributed by atoms with Gasteiger partial charge in [0.15, 0.2) is 6.23 Å². The molecule has 0 aromatic rings. The summed E-state index contributed by atoms with van der Waals surface area (Å²) >= 11 is 0. The van der Waals surface area contributed by atoms with Crippen LogP contribution in [0, 0.1) is 0 Å². The first kappa shape index (κ1) is 8.33. The third-order valence-corrected chi connectivity index (χ3v) is 1.52. The van der Waals surface area contributed by atoms with Crippen LogP contribution in [0.5, 0.6) is 0 Å². The molecule has 1 saturated heterocycles. The van der Waals surface area contributed by atoms with Crippen LogP contribution in [0.15, 0.2) is 0 Å². The Balaban J connectivity index is 2.13. The molecule has 1 unspecified atom stereocenters. The highest BCUT2D eigenvalue weighted by Crippen LogP contribution is 2.06. The number of hydrogen-bond donors (Lipinski definition) is 1. The van der Waals surface area contributed by atoms with Crippen LogP contribution < -0.4 is 5.32 Å². The maximum atomic E-state index is 10.7. The normalized spacial score (nSPS) is 23.2. The largest absolute Gasteiger partial charge is 0.509 e. The van der Waals surface area contributed by atoms with Gasteiger partial charge in [-0.2, -0.15) is 0 Å². The minimum absolute atomic E-state index is 0.131. The molecule has 0 bridgehead atoms. The summed E-state index contributed by atoms with van der Waals surface area (Å²) in [6, 6.07) is 0. The van der Waals surface area contributed by atoms with Crippen LogP contribution in [0.2, 0.25) is 0 Å². The third kappa shape index (κ3) is 2.76. The fourth-order valence-electron chi connectivity index (χ4n) is 1.02. The molecule has 1 N–H and O–H groups in total. The Kier molecular flexibility index (Phi) is 3.16. The van der Waals surface area contributed by atoms with Gasteiger partial charge in [0.1, 0.15) is 0 Å². The van der Waals surface area contributed by atoms with Crippen molar-refractivity contribution in [2.75, 3.05) is 13.2 Å². The van der Waals surface area contributed by atoms with Crippen molar-refractivity contribution in [2.45, 2.75) is 26.0 Å². The molecule has 4 heteroatoms. The van der Waals surface area contributed by atoms with Crippen molar-refractivity contribution < 1.29 is 14.3 Å². The molecule has 0 amide bonds. The molecule has 0 spiro atoms. The van der Waals surface area contributed by atoms with E-state index in [2.05, 4.69) is 10.1 Å². The number of carbonyl (C=O) groups is 1. The fourth-order valence-corrected chi connectivity index (χ4v) is 1.02. The predicted molar refractivity (Wildman–Crippen MR) is 39.1 cm³/mol. The highest BCUT2D eigenvalue weighted by molar-refractivity contribution is 5.60. The van der Waals surface area contributed by atoms with Gasteiger partial charge in [0.2, 0.25) is 0 Å². The monoisotopic (exact) mass is 159 g/mol. The maximum absolute atomic E-state index is 10.7. The van der Waals surface area contributed by atoms with E-state index in [9.17, 15) is 4.79 Å². The second kappa shape index (κ2) is 4.18. The van der Waals surface area contributed by atoms with Crippen molar-refractivity contribution in [1.82, 2.24) is 5.32 Å². The van der Waals surface area contributed by atoms with Gasteiger partial charge in [0, 0.05) is 0 Å². The summed E-state index contributed by atoms with van der Waals surface area (Å²) in [4.78, 5) is 10.7.